The molecule has 0 amide bonds. The summed E-state index contributed by atoms with van der Waals surface area (Å²) >= 11 is 0. The smallest absolute Gasteiger partial charge is 0.309 e. The van der Waals surface area contributed by atoms with E-state index in [4.69, 9.17) is 10.00 Å². The molecule has 2 fully saturated rings. The van der Waals surface area contributed by atoms with Crippen molar-refractivity contribution in [3.63, 3.8) is 0 Å². The van der Waals surface area contributed by atoms with Crippen molar-refractivity contribution in [1.82, 2.24) is 0 Å². The number of esters is 1. The molecule has 0 aromatic carbocycles. The highest BCUT2D eigenvalue weighted by Gasteiger charge is 2.30. The van der Waals surface area contributed by atoms with E-state index in [-0.39, 0.29) is 18.0 Å². The zero-order valence-electron chi connectivity index (χ0n) is 17.1. The third-order valence-electron chi connectivity index (χ3n) is 6.38. The zero-order valence-corrected chi connectivity index (χ0v) is 17.1. The molecule has 3 nitrogen and oxygen atoms in total. The van der Waals surface area contributed by atoms with Crippen LogP contribution in [0.3, 0.4) is 0 Å². The van der Waals surface area contributed by atoms with Gasteiger partial charge in [0, 0.05) is 6.08 Å². The van der Waals surface area contributed by atoms with E-state index in [9.17, 15) is 4.79 Å². The number of allylic oxidation sites excluding steroid dienone is 4. The van der Waals surface area contributed by atoms with Crippen molar-refractivity contribution < 1.29 is 9.53 Å². The Morgan fingerprint density at radius 1 is 1.00 bits per heavy atom. The van der Waals surface area contributed by atoms with E-state index in [0.29, 0.717) is 0 Å². The van der Waals surface area contributed by atoms with Gasteiger partial charge >= 0.3 is 5.97 Å². The molecule has 3 heteroatoms. The fourth-order valence-electron chi connectivity index (χ4n) is 4.58. The van der Waals surface area contributed by atoms with E-state index >= 15 is 0 Å². The van der Waals surface area contributed by atoms with Gasteiger partial charge in [0.1, 0.15) is 6.10 Å². The summed E-state index contributed by atoms with van der Waals surface area (Å²) in [6.45, 7) is 2.25. The average molecular weight is 372 g/mol. The molecule has 0 spiro atoms. The monoisotopic (exact) mass is 371 g/mol. The first-order valence-electron chi connectivity index (χ1n) is 11.1. The van der Waals surface area contributed by atoms with Crippen LogP contribution in [0.4, 0.5) is 0 Å². The Morgan fingerprint density at radius 2 is 1.67 bits per heavy atom. The molecule has 150 valence electrons. The molecular weight excluding hydrogens is 334 g/mol. The molecule has 0 saturated heterocycles. The minimum absolute atomic E-state index is 0.0830. The van der Waals surface area contributed by atoms with Crippen LogP contribution >= 0.6 is 0 Å². The van der Waals surface area contributed by atoms with Crippen molar-refractivity contribution in [2.45, 2.75) is 96.5 Å². The summed E-state index contributed by atoms with van der Waals surface area (Å²) in [5.41, 5.74) is 0. The molecule has 0 N–H and O–H groups in total. The molecule has 2 rings (SSSR count). The van der Waals surface area contributed by atoms with Gasteiger partial charge in [-0.1, -0.05) is 44.4 Å². The predicted molar refractivity (Wildman–Crippen MR) is 110 cm³/mol. The van der Waals surface area contributed by atoms with E-state index in [2.05, 4.69) is 13.0 Å². The largest absolute Gasteiger partial charge is 0.462 e. The molecule has 0 bridgehead atoms. The van der Waals surface area contributed by atoms with Crippen molar-refractivity contribution in [2.24, 2.45) is 17.8 Å². The molecule has 0 heterocycles. The first-order valence-corrected chi connectivity index (χ1v) is 11.1. The Morgan fingerprint density at radius 3 is 2.33 bits per heavy atom. The first kappa shape index (κ1) is 21.7. The van der Waals surface area contributed by atoms with Gasteiger partial charge in [-0.15, -0.1) is 0 Å². The van der Waals surface area contributed by atoms with Crippen molar-refractivity contribution in [3.8, 4) is 6.07 Å². The number of carbonyl (C=O) groups excluding carboxylic acids is 1. The molecule has 2 aliphatic carbocycles. The summed E-state index contributed by atoms with van der Waals surface area (Å²) in [6.07, 6.45) is 22.6. The Kier molecular flexibility index (Phi) is 10.3. The fraction of sp³-hybridized carbons (Fsp3) is 0.750. The van der Waals surface area contributed by atoms with E-state index in [1.165, 1.54) is 57.4 Å². The van der Waals surface area contributed by atoms with Crippen LogP contribution in [-0.4, -0.2) is 12.1 Å². The molecule has 0 aromatic rings. The highest BCUT2D eigenvalue weighted by atomic mass is 16.5. The van der Waals surface area contributed by atoms with Gasteiger partial charge in [-0.2, -0.15) is 5.26 Å². The Hall–Kier alpha value is -1.56. The quantitative estimate of drug-likeness (QED) is 0.264. The second-order valence-electron chi connectivity index (χ2n) is 8.43. The van der Waals surface area contributed by atoms with E-state index in [1.54, 1.807) is 6.08 Å². The van der Waals surface area contributed by atoms with Crippen LogP contribution in [-0.2, 0) is 9.53 Å². The maximum Gasteiger partial charge on any atom is 0.309 e. The van der Waals surface area contributed by atoms with Gasteiger partial charge in [0.05, 0.1) is 12.0 Å². The van der Waals surface area contributed by atoms with Gasteiger partial charge in [-0.05, 0) is 76.0 Å². The van der Waals surface area contributed by atoms with Crippen LogP contribution in [0.25, 0.3) is 0 Å². The number of nitriles is 1. The number of nitrogens with zero attached hydrogens (tertiary/aromatic N) is 1. The number of hydrogen-bond donors (Lipinski definition) is 0. The number of ether oxygens (including phenoxy) is 1. The SMILES string of the molecule is CCCCC1CCC(C(=O)OC2CCC(CCC=CC=CC#N)CC2)CC1. The number of carbonyl (C=O) groups is 1. The third kappa shape index (κ3) is 8.33. The molecular formula is C24H37NO2. The topological polar surface area (TPSA) is 50.1 Å². The van der Waals surface area contributed by atoms with Crippen molar-refractivity contribution in [3.05, 3.63) is 24.3 Å². The van der Waals surface area contributed by atoms with Crippen LogP contribution in [0.1, 0.15) is 90.4 Å². The zero-order chi connectivity index (χ0) is 19.3. The molecule has 2 aliphatic rings. The van der Waals surface area contributed by atoms with E-state index < -0.39 is 0 Å². The lowest BCUT2D eigenvalue weighted by atomic mass is 9.79. The minimum Gasteiger partial charge on any atom is -0.462 e. The van der Waals surface area contributed by atoms with Crippen LogP contribution in [0.15, 0.2) is 24.3 Å². The maximum atomic E-state index is 12.5. The standard InChI is InChI=1S/C24H37NO2/c1-2-3-9-20-11-15-22(16-12-20)24(26)27-23-17-13-21(14-18-23)10-7-5-4-6-8-19-25/h4-6,8,20-23H,2-3,7,9-18H2,1H3. The molecule has 0 atom stereocenters. The summed E-state index contributed by atoms with van der Waals surface area (Å²) in [5, 5.41) is 8.43. The summed E-state index contributed by atoms with van der Waals surface area (Å²) < 4.78 is 5.87. The molecule has 0 aliphatic heterocycles. The second kappa shape index (κ2) is 12.8. The van der Waals surface area contributed by atoms with E-state index in [1.807, 2.05) is 12.1 Å². The summed E-state index contributed by atoms with van der Waals surface area (Å²) in [7, 11) is 0. The molecule has 0 aromatic heterocycles. The van der Waals surface area contributed by atoms with Crippen LogP contribution in [0.2, 0.25) is 0 Å². The van der Waals surface area contributed by atoms with E-state index in [0.717, 1.165) is 43.9 Å². The van der Waals surface area contributed by atoms with Gasteiger partial charge < -0.3 is 4.74 Å². The lowest BCUT2D eigenvalue weighted by Gasteiger charge is -2.31. The summed E-state index contributed by atoms with van der Waals surface area (Å²) in [5.74, 6) is 1.83. The van der Waals surface area contributed by atoms with Gasteiger partial charge in [0.25, 0.3) is 0 Å². The fourth-order valence-corrected chi connectivity index (χ4v) is 4.58. The summed E-state index contributed by atoms with van der Waals surface area (Å²) in [4.78, 5) is 12.5. The lowest BCUT2D eigenvalue weighted by molar-refractivity contribution is -0.157. The highest BCUT2D eigenvalue weighted by Crippen LogP contribution is 2.34. The molecule has 2 saturated carbocycles. The number of unbranched alkanes of at least 4 members (excludes halogenated alkanes) is 1. The van der Waals surface area contributed by atoms with Crippen LogP contribution < -0.4 is 0 Å². The average Bonchev–Trinajstić information content (AvgIpc) is 2.70. The van der Waals surface area contributed by atoms with Crippen LogP contribution in [0.5, 0.6) is 0 Å². The predicted octanol–water partition coefficient (Wildman–Crippen LogP) is 6.50. The molecule has 27 heavy (non-hydrogen) atoms. The van der Waals surface area contributed by atoms with Gasteiger partial charge in [0.2, 0.25) is 0 Å². The highest BCUT2D eigenvalue weighted by molar-refractivity contribution is 5.72. The van der Waals surface area contributed by atoms with Gasteiger partial charge in [-0.25, -0.2) is 0 Å². The second-order valence-corrected chi connectivity index (χ2v) is 8.43. The lowest BCUT2D eigenvalue weighted by Crippen LogP contribution is -2.30. The van der Waals surface area contributed by atoms with Crippen LogP contribution in [0, 0.1) is 29.1 Å². The Bertz CT molecular complexity index is 515. The van der Waals surface area contributed by atoms with Crippen molar-refractivity contribution in [2.75, 3.05) is 0 Å². The normalized spacial score (nSPS) is 29.0. The number of hydrogen-bond acceptors (Lipinski definition) is 3. The summed E-state index contributed by atoms with van der Waals surface area (Å²) in [6, 6.07) is 1.99. The Labute approximate surface area is 165 Å². The van der Waals surface area contributed by atoms with Gasteiger partial charge in [-0.3, -0.25) is 4.79 Å². The van der Waals surface area contributed by atoms with Crippen molar-refractivity contribution >= 4 is 5.97 Å². The van der Waals surface area contributed by atoms with Gasteiger partial charge in [0.15, 0.2) is 0 Å². The third-order valence-corrected chi connectivity index (χ3v) is 6.38. The maximum absolute atomic E-state index is 12.5. The Balaban J connectivity index is 1.59. The minimum atomic E-state index is 0.0830. The molecule has 0 unspecified atom stereocenters. The molecule has 0 radical (unpaired) electrons. The first-order chi connectivity index (χ1) is 13.2. The number of rotatable bonds is 9. The van der Waals surface area contributed by atoms with Crippen molar-refractivity contribution in [1.29, 1.82) is 5.26 Å².